The van der Waals surface area contributed by atoms with Gasteiger partial charge in [-0.2, -0.15) is 5.10 Å². The molecule has 0 bridgehead atoms. The van der Waals surface area contributed by atoms with Crippen molar-refractivity contribution in [3.63, 3.8) is 0 Å². The van der Waals surface area contributed by atoms with Gasteiger partial charge in [0.15, 0.2) is 0 Å². The van der Waals surface area contributed by atoms with E-state index in [1.807, 2.05) is 54.6 Å². The number of hydrogen-bond donors (Lipinski definition) is 1. The third-order valence-corrected chi connectivity index (χ3v) is 4.69. The van der Waals surface area contributed by atoms with Crippen LogP contribution in [0, 0.1) is 0 Å². The summed E-state index contributed by atoms with van der Waals surface area (Å²) >= 11 is 6.75. The molecule has 1 amide bonds. The largest absolute Gasteiger partial charge is 0.489 e. The first-order valence-corrected chi connectivity index (χ1v) is 9.75. The van der Waals surface area contributed by atoms with E-state index in [1.165, 1.54) is 0 Å². The molecule has 0 fully saturated rings. The fourth-order valence-electron chi connectivity index (χ4n) is 2.26. The van der Waals surface area contributed by atoms with E-state index in [0.717, 1.165) is 25.8 Å². The minimum absolute atomic E-state index is 0.262. The van der Waals surface area contributed by atoms with E-state index in [0.29, 0.717) is 12.2 Å². The Morgan fingerprint density at radius 3 is 2.41 bits per heavy atom. The Morgan fingerprint density at radius 1 is 0.963 bits per heavy atom. The van der Waals surface area contributed by atoms with Crippen LogP contribution in [0.4, 0.5) is 0 Å². The summed E-state index contributed by atoms with van der Waals surface area (Å²) < 4.78 is 7.65. The third kappa shape index (κ3) is 6.05. The minimum Gasteiger partial charge on any atom is -0.489 e. The van der Waals surface area contributed by atoms with Gasteiger partial charge in [0.1, 0.15) is 12.4 Å². The Bertz CT molecular complexity index is 939. The van der Waals surface area contributed by atoms with Crippen LogP contribution in [-0.4, -0.2) is 12.1 Å². The van der Waals surface area contributed by atoms with Crippen molar-refractivity contribution >= 4 is 44.0 Å². The monoisotopic (exact) mass is 486 g/mol. The predicted octanol–water partition coefficient (Wildman–Crippen LogP) is 5.55. The maximum absolute atomic E-state index is 12.0. The second kappa shape index (κ2) is 9.48. The molecule has 0 saturated carbocycles. The smallest absolute Gasteiger partial charge is 0.271 e. The highest BCUT2D eigenvalue weighted by Gasteiger charge is 2.03. The molecule has 3 aromatic rings. The van der Waals surface area contributed by atoms with E-state index < -0.39 is 0 Å². The zero-order chi connectivity index (χ0) is 19.1. The maximum Gasteiger partial charge on any atom is 0.271 e. The lowest BCUT2D eigenvalue weighted by atomic mass is 10.2. The van der Waals surface area contributed by atoms with Gasteiger partial charge in [0.2, 0.25) is 0 Å². The summed E-state index contributed by atoms with van der Waals surface area (Å²) in [6.45, 7) is 0.503. The van der Waals surface area contributed by atoms with Crippen molar-refractivity contribution in [3.8, 4) is 5.75 Å². The molecule has 0 aliphatic carbocycles. The molecule has 0 aliphatic heterocycles. The summed E-state index contributed by atoms with van der Waals surface area (Å²) in [7, 11) is 0. The zero-order valence-electron chi connectivity index (χ0n) is 14.2. The van der Waals surface area contributed by atoms with E-state index in [9.17, 15) is 4.79 Å². The van der Waals surface area contributed by atoms with Gasteiger partial charge in [-0.15, -0.1) is 0 Å². The van der Waals surface area contributed by atoms with Crippen molar-refractivity contribution in [1.29, 1.82) is 0 Å². The maximum atomic E-state index is 12.0. The number of nitrogens with zero attached hydrogens (tertiary/aromatic N) is 1. The summed E-state index contributed by atoms with van der Waals surface area (Å²) in [6.07, 6.45) is 1.59. The number of halogens is 2. The van der Waals surface area contributed by atoms with Gasteiger partial charge in [-0.1, -0.05) is 50.1 Å². The van der Waals surface area contributed by atoms with Gasteiger partial charge in [0, 0.05) is 14.5 Å². The topological polar surface area (TPSA) is 50.7 Å². The lowest BCUT2D eigenvalue weighted by Crippen LogP contribution is -2.17. The molecule has 27 heavy (non-hydrogen) atoms. The number of benzene rings is 3. The van der Waals surface area contributed by atoms with Crippen LogP contribution < -0.4 is 10.2 Å². The fraction of sp³-hybridized carbons (Fsp3) is 0.0476. The van der Waals surface area contributed by atoms with Crippen molar-refractivity contribution in [1.82, 2.24) is 5.43 Å². The lowest BCUT2D eigenvalue weighted by Gasteiger charge is -2.06. The van der Waals surface area contributed by atoms with E-state index in [1.54, 1.807) is 24.4 Å². The second-order valence-corrected chi connectivity index (χ2v) is 7.53. The number of carbonyl (C=O) groups is 1. The van der Waals surface area contributed by atoms with Crippen LogP contribution in [0.1, 0.15) is 21.5 Å². The molecule has 4 nitrogen and oxygen atoms in total. The van der Waals surface area contributed by atoms with Crippen LogP contribution in [0.5, 0.6) is 5.75 Å². The van der Waals surface area contributed by atoms with Crippen LogP contribution >= 0.6 is 31.9 Å². The molecule has 0 heterocycles. The SMILES string of the molecule is O=C(N/N=C\c1ccc(OCc2ccc(Br)cc2)cc1)c1cccc(Br)c1. The molecule has 0 aliphatic rings. The van der Waals surface area contributed by atoms with Crippen molar-refractivity contribution < 1.29 is 9.53 Å². The summed E-state index contributed by atoms with van der Waals surface area (Å²) in [5.74, 6) is 0.509. The van der Waals surface area contributed by atoms with Gasteiger partial charge in [0.25, 0.3) is 5.91 Å². The van der Waals surface area contributed by atoms with Crippen LogP contribution in [-0.2, 0) is 6.61 Å². The Labute approximate surface area is 174 Å². The predicted molar refractivity (Wildman–Crippen MR) is 114 cm³/mol. The molecule has 3 rings (SSSR count). The number of nitrogens with one attached hydrogen (secondary N) is 1. The average Bonchev–Trinajstić information content (AvgIpc) is 2.68. The molecule has 6 heteroatoms. The third-order valence-electron chi connectivity index (χ3n) is 3.67. The van der Waals surface area contributed by atoms with Gasteiger partial charge >= 0.3 is 0 Å². The van der Waals surface area contributed by atoms with Gasteiger partial charge < -0.3 is 4.74 Å². The molecule has 0 unspecified atom stereocenters. The van der Waals surface area contributed by atoms with Gasteiger partial charge in [-0.3, -0.25) is 4.79 Å². The Balaban J connectivity index is 1.51. The van der Waals surface area contributed by atoms with Gasteiger partial charge in [0.05, 0.1) is 6.21 Å². The van der Waals surface area contributed by atoms with Crippen LogP contribution in [0.2, 0.25) is 0 Å². The Kier molecular flexibility index (Phi) is 6.79. The van der Waals surface area contributed by atoms with E-state index in [-0.39, 0.29) is 5.91 Å². The van der Waals surface area contributed by atoms with Crippen molar-refractivity contribution in [2.75, 3.05) is 0 Å². The molecule has 0 saturated heterocycles. The standard InChI is InChI=1S/C21H16Br2N2O2/c22-18-8-4-16(5-9-18)14-27-20-10-6-15(7-11-20)13-24-25-21(26)17-2-1-3-19(23)12-17/h1-13H,14H2,(H,25,26)/b24-13-. The molecule has 0 radical (unpaired) electrons. The molecule has 0 spiro atoms. The summed E-state index contributed by atoms with van der Waals surface area (Å²) in [4.78, 5) is 12.0. The van der Waals surface area contributed by atoms with Crippen LogP contribution in [0.15, 0.2) is 86.8 Å². The van der Waals surface area contributed by atoms with E-state index in [4.69, 9.17) is 4.74 Å². The van der Waals surface area contributed by atoms with Crippen molar-refractivity contribution in [2.24, 2.45) is 5.10 Å². The number of hydrogen-bond acceptors (Lipinski definition) is 3. The number of amides is 1. The summed E-state index contributed by atoms with van der Waals surface area (Å²) in [6, 6.07) is 22.6. The number of carbonyl (C=O) groups excluding carboxylic acids is 1. The first kappa shape index (κ1) is 19.3. The fourth-order valence-corrected chi connectivity index (χ4v) is 2.92. The highest BCUT2D eigenvalue weighted by atomic mass is 79.9. The highest BCUT2D eigenvalue weighted by molar-refractivity contribution is 9.10. The van der Waals surface area contributed by atoms with E-state index >= 15 is 0 Å². The van der Waals surface area contributed by atoms with Crippen molar-refractivity contribution in [3.05, 3.63) is 98.4 Å². The molecular weight excluding hydrogens is 472 g/mol. The number of rotatable bonds is 6. The molecule has 136 valence electrons. The summed E-state index contributed by atoms with van der Waals surface area (Å²) in [5, 5.41) is 3.99. The Hall–Kier alpha value is -2.44. The highest BCUT2D eigenvalue weighted by Crippen LogP contribution is 2.15. The Morgan fingerprint density at radius 2 is 1.70 bits per heavy atom. The molecular formula is C21H16Br2N2O2. The summed E-state index contributed by atoms with van der Waals surface area (Å²) in [5.41, 5.74) is 5.01. The second-order valence-electron chi connectivity index (χ2n) is 5.69. The quantitative estimate of drug-likeness (QED) is 0.365. The molecule has 1 N–H and O–H groups in total. The van der Waals surface area contributed by atoms with E-state index in [2.05, 4.69) is 42.4 Å². The van der Waals surface area contributed by atoms with Gasteiger partial charge in [-0.25, -0.2) is 5.43 Å². The number of hydrazone groups is 1. The molecule has 3 aromatic carbocycles. The zero-order valence-corrected chi connectivity index (χ0v) is 17.4. The normalized spacial score (nSPS) is 10.7. The molecule has 0 atom stereocenters. The first-order valence-electron chi connectivity index (χ1n) is 8.16. The van der Waals surface area contributed by atoms with Crippen LogP contribution in [0.25, 0.3) is 0 Å². The minimum atomic E-state index is -0.262. The first-order chi connectivity index (χ1) is 13.1. The lowest BCUT2D eigenvalue weighted by molar-refractivity contribution is 0.0955. The number of ether oxygens (including phenoxy) is 1. The van der Waals surface area contributed by atoms with Gasteiger partial charge in [-0.05, 0) is 65.7 Å². The van der Waals surface area contributed by atoms with Crippen LogP contribution in [0.3, 0.4) is 0 Å². The molecule has 0 aromatic heterocycles. The van der Waals surface area contributed by atoms with Crippen molar-refractivity contribution in [2.45, 2.75) is 6.61 Å². The average molecular weight is 488 g/mol.